The number of carbonyl (C=O) groups is 1. The Kier molecular flexibility index (Phi) is 4.55. The molecule has 0 saturated carbocycles. The quantitative estimate of drug-likeness (QED) is 0.910. The highest BCUT2D eigenvalue weighted by Gasteiger charge is 2.30. The maximum absolute atomic E-state index is 12.6. The number of rotatable bonds is 5. The molecule has 1 amide bonds. The van der Waals surface area contributed by atoms with Gasteiger partial charge in [-0.1, -0.05) is 0 Å². The lowest BCUT2D eigenvalue weighted by Crippen LogP contribution is -2.31. The molecule has 1 atom stereocenters. The van der Waals surface area contributed by atoms with Gasteiger partial charge in [0.1, 0.15) is 5.82 Å². The van der Waals surface area contributed by atoms with Crippen LogP contribution in [0.1, 0.15) is 36.7 Å². The summed E-state index contributed by atoms with van der Waals surface area (Å²) in [7, 11) is 1.82. The molecule has 3 rings (SSSR count). The molecule has 2 aromatic heterocycles. The molecule has 7 nitrogen and oxygen atoms in total. The van der Waals surface area contributed by atoms with E-state index >= 15 is 0 Å². The Morgan fingerprint density at radius 1 is 1.43 bits per heavy atom. The van der Waals surface area contributed by atoms with Gasteiger partial charge < -0.3 is 10.2 Å². The van der Waals surface area contributed by atoms with Crippen LogP contribution in [0.2, 0.25) is 0 Å². The molecule has 0 aromatic carbocycles. The zero-order valence-electron chi connectivity index (χ0n) is 13.6. The number of aromatic nitrogens is 4. The fourth-order valence-corrected chi connectivity index (χ4v) is 2.98. The average Bonchev–Trinajstić information content (AvgIpc) is 3.21. The fourth-order valence-electron chi connectivity index (χ4n) is 2.98. The molecule has 0 spiro atoms. The second-order valence-corrected chi connectivity index (χ2v) is 5.79. The van der Waals surface area contributed by atoms with Crippen LogP contribution < -0.4 is 5.32 Å². The molecular weight excluding hydrogens is 292 g/mol. The summed E-state index contributed by atoms with van der Waals surface area (Å²) in [6.07, 6.45) is 7.75. The van der Waals surface area contributed by atoms with E-state index in [0.29, 0.717) is 13.0 Å². The molecule has 1 saturated heterocycles. The van der Waals surface area contributed by atoms with Crippen LogP contribution in [0.5, 0.6) is 0 Å². The zero-order chi connectivity index (χ0) is 16.2. The normalized spacial score (nSPS) is 17.5. The summed E-state index contributed by atoms with van der Waals surface area (Å²) >= 11 is 0. The Labute approximate surface area is 135 Å². The van der Waals surface area contributed by atoms with E-state index < -0.39 is 0 Å². The predicted octanol–water partition coefficient (Wildman–Crippen LogP) is 1.78. The van der Waals surface area contributed by atoms with E-state index in [1.807, 2.05) is 35.8 Å². The first kappa shape index (κ1) is 15.5. The van der Waals surface area contributed by atoms with Gasteiger partial charge in [-0.15, -0.1) is 0 Å². The Hall–Kier alpha value is -2.44. The van der Waals surface area contributed by atoms with Gasteiger partial charge in [-0.05, 0) is 25.8 Å². The van der Waals surface area contributed by atoms with Crippen LogP contribution in [0.15, 0.2) is 24.7 Å². The first-order valence-electron chi connectivity index (χ1n) is 7.96. The Morgan fingerprint density at radius 3 is 3.04 bits per heavy atom. The lowest BCUT2D eigenvalue weighted by atomic mass is 10.1. The van der Waals surface area contributed by atoms with Crippen LogP contribution in [-0.2, 0) is 11.3 Å². The average molecular weight is 314 g/mol. The second kappa shape index (κ2) is 6.76. The topological polar surface area (TPSA) is 75.9 Å². The Bertz CT molecular complexity index is 683. The van der Waals surface area contributed by atoms with Gasteiger partial charge in [0, 0.05) is 32.8 Å². The summed E-state index contributed by atoms with van der Waals surface area (Å²) in [6.45, 7) is 3.34. The van der Waals surface area contributed by atoms with Crippen molar-refractivity contribution >= 4 is 11.7 Å². The van der Waals surface area contributed by atoms with Crippen LogP contribution in [0.3, 0.4) is 0 Å². The number of aryl methyl sites for hydroxylation is 2. The summed E-state index contributed by atoms with van der Waals surface area (Å²) in [5.74, 6) is 0.881. The van der Waals surface area contributed by atoms with Crippen molar-refractivity contribution in [3.8, 4) is 0 Å². The third kappa shape index (κ3) is 3.49. The van der Waals surface area contributed by atoms with E-state index in [1.54, 1.807) is 12.4 Å². The van der Waals surface area contributed by atoms with Crippen molar-refractivity contribution in [2.24, 2.45) is 0 Å². The number of carbonyl (C=O) groups excluding carboxylic acids is 1. The van der Waals surface area contributed by atoms with Gasteiger partial charge in [-0.3, -0.25) is 14.5 Å². The molecule has 1 N–H and O–H groups in total. The molecule has 3 heterocycles. The van der Waals surface area contributed by atoms with Crippen molar-refractivity contribution in [3.63, 3.8) is 0 Å². The van der Waals surface area contributed by atoms with Crippen molar-refractivity contribution in [2.75, 3.05) is 18.9 Å². The van der Waals surface area contributed by atoms with E-state index in [-0.39, 0.29) is 11.9 Å². The first-order valence-corrected chi connectivity index (χ1v) is 7.96. The van der Waals surface area contributed by atoms with Crippen LogP contribution >= 0.6 is 0 Å². The van der Waals surface area contributed by atoms with E-state index in [0.717, 1.165) is 36.6 Å². The molecule has 1 aliphatic heterocycles. The zero-order valence-corrected chi connectivity index (χ0v) is 13.6. The van der Waals surface area contributed by atoms with E-state index in [2.05, 4.69) is 20.4 Å². The SMILES string of the molecule is CNc1cncc([C@@H]2CCCN2C(=O)CCn2ccc(C)n2)n1. The van der Waals surface area contributed by atoms with Crippen molar-refractivity contribution in [1.29, 1.82) is 0 Å². The van der Waals surface area contributed by atoms with Gasteiger partial charge in [0.05, 0.1) is 29.8 Å². The highest BCUT2D eigenvalue weighted by Crippen LogP contribution is 2.31. The minimum Gasteiger partial charge on any atom is -0.372 e. The van der Waals surface area contributed by atoms with E-state index in [1.165, 1.54) is 0 Å². The fraction of sp³-hybridized carbons (Fsp3) is 0.500. The Morgan fingerprint density at radius 2 is 2.30 bits per heavy atom. The van der Waals surface area contributed by atoms with Crippen LogP contribution in [0.4, 0.5) is 5.82 Å². The third-order valence-electron chi connectivity index (χ3n) is 4.15. The van der Waals surface area contributed by atoms with Gasteiger partial charge >= 0.3 is 0 Å². The maximum atomic E-state index is 12.6. The molecule has 7 heteroatoms. The predicted molar refractivity (Wildman–Crippen MR) is 86.8 cm³/mol. The number of anilines is 1. The summed E-state index contributed by atoms with van der Waals surface area (Å²) < 4.78 is 1.82. The lowest BCUT2D eigenvalue weighted by Gasteiger charge is -2.24. The number of nitrogens with one attached hydrogen (secondary N) is 1. The van der Waals surface area contributed by atoms with E-state index in [4.69, 9.17) is 0 Å². The van der Waals surface area contributed by atoms with Crippen molar-refractivity contribution in [1.82, 2.24) is 24.6 Å². The molecule has 0 unspecified atom stereocenters. The molecule has 0 aliphatic carbocycles. The highest BCUT2D eigenvalue weighted by molar-refractivity contribution is 5.76. The van der Waals surface area contributed by atoms with Gasteiger partial charge in [-0.2, -0.15) is 5.10 Å². The van der Waals surface area contributed by atoms with Gasteiger partial charge in [0.15, 0.2) is 0 Å². The molecule has 2 aromatic rings. The molecular formula is C16H22N6O. The monoisotopic (exact) mass is 314 g/mol. The van der Waals surface area contributed by atoms with Crippen LogP contribution in [0.25, 0.3) is 0 Å². The molecule has 23 heavy (non-hydrogen) atoms. The van der Waals surface area contributed by atoms with Crippen molar-refractivity contribution < 1.29 is 4.79 Å². The van der Waals surface area contributed by atoms with Crippen LogP contribution in [-0.4, -0.2) is 44.1 Å². The van der Waals surface area contributed by atoms with Crippen LogP contribution in [0, 0.1) is 6.92 Å². The molecule has 0 bridgehead atoms. The maximum Gasteiger partial charge on any atom is 0.225 e. The van der Waals surface area contributed by atoms with Crippen molar-refractivity contribution in [2.45, 2.75) is 38.8 Å². The smallest absolute Gasteiger partial charge is 0.225 e. The molecule has 122 valence electrons. The number of amides is 1. The number of hydrogen-bond donors (Lipinski definition) is 1. The number of likely N-dealkylation sites (tertiary alicyclic amines) is 1. The van der Waals surface area contributed by atoms with Gasteiger partial charge in [-0.25, -0.2) is 4.98 Å². The highest BCUT2D eigenvalue weighted by atomic mass is 16.2. The second-order valence-electron chi connectivity index (χ2n) is 5.79. The lowest BCUT2D eigenvalue weighted by molar-refractivity contribution is -0.132. The minimum atomic E-state index is 0.0302. The number of hydrogen-bond acceptors (Lipinski definition) is 5. The minimum absolute atomic E-state index is 0.0302. The van der Waals surface area contributed by atoms with Gasteiger partial charge in [0.25, 0.3) is 0 Å². The summed E-state index contributed by atoms with van der Waals surface area (Å²) in [6, 6.07) is 1.98. The first-order chi connectivity index (χ1) is 11.2. The number of nitrogens with zero attached hydrogens (tertiary/aromatic N) is 5. The summed E-state index contributed by atoms with van der Waals surface area (Å²) in [5, 5.41) is 7.32. The molecule has 1 aliphatic rings. The molecule has 1 fully saturated rings. The third-order valence-corrected chi connectivity index (χ3v) is 4.15. The van der Waals surface area contributed by atoms with E-state index in [9.17, 15) is 4.79 Å². The summed E-state index contributed by atoms with van der Waals surface area (Å²) in [5.41, 5.74) is 1.83. The largest absolute Gasteiger partial charge is 0.372 e. The molecule has 0 radical (unpaired) electrons. The standard InChI is InChI=1S/C16H22N6O/c1-12-5-8-21(20-12)9-6-16(23)22-7-3-4-14(22)13-10-18-11-15(17-2)19-13/h5,8,10-11,14H,3-4,6-7,9H2,1-2H3,(H,17,19)/t14-/m0/s1. The summed E-state index contributed by atoms with van der Waals surface area (Å²) in [4.78, 5) is 23.3. The Balaban J connectivity index is 1.66. The van der Waals surface area contributed by atoms with Gasteiger partial charge in [0.2, 0.25) is 5.91 Å². The van der Waals surface area contributed by atoms with Crippen molar-refractivity contribution in [3.05, 3.63) is 36.0 Å².